The fraction of sp³-hybridized carbons (Fsp3) is 0.375. The first kappa shape index (κ1) is 23.2. The van der Waals surface area contributed by atoms with Crippen molar-refractivity contribution in [3.05, 3.63) is 48.0 Å². The third-order valence-electron chi connectivity index (χ3n) is 5.61. The van der Waals surface area contributed by atoms with Crippen LogP contribution in [-0.2, 0) is 9.53 Å². The first-order valence-corrected chi connectivity index (χ1v) is 11.1. The number of hydrogen-bond acceptors (Lipinski definition) is 7. The van der Waals surface area contributed by atoms with E-state index in [0.29, 0.717) is 29.4 Å². The average molecular weight is 466 g/mol. The van der Waals surface area contributed by atoms with Gasteiger partial charge in [-0.1, -0.05) is 26.0 Å². The Labute approximate surface area is 196 Å². The molecule has 1 saturated carbocycles. The highest BCUT2D eigenvalue weighted by Gasteiger charge is 2.27. The lowest BCUT2D eigenvalue weighted by molar-refractivity contribution is -0.144. The first-order valence-electron chi connectivity index (χ1n) is 11.1. The molecule has 1 aliphatic rings. The van der Waals surface area contributed by atoms with Crippen LogP contribution in [-0.4, -0.2) is 52.7 Å². The number of aromatic nitrogens is 3. The lowest BCUT2D eigenvalue weighted by Crippen LogP contribution is -2.44. The van der Waals surface area contributed by atoms with E-state index < -0.39 is 17.9 Å². The van der Waals surface area contributed by atoms with E-state index in [0.717, 1.165) is 18.4 Å². The molecule has 4 rings (SSSR count). The fourth-order valence-corrected chi connectivity index (χ4v) is 3.40. The van der Waals surface area contributed by atoms with Crippen molar-refractivity contribution in [3.63, 3.8) is 0 Å². The summed E-state index contributed by atoms with van der Waals surface area (Å²) in [6.45, 7) is 4.28. The molecule has 10 nitrogen and oxygen atoms in total. The van der Waals surface area contributed by atoms with E-state index in [1.807, 2.05) is 12.1 Å². The van der Waals surface area contributed by atoms with Crippen LogP contribution < -0.4 is 10.6 Å². The van der Waals surface area contributed by atoms with E-state index in [9.17, 15) is 14.4 Å². The Morgan fingerprint density at radius 2 is 1.94 bits per heavy atom. The number of aromatic amines is 1. The largest absolute Gasteiger partial charge is 0.467 e. The minimum absolute atomic E-state index is 0.0238. The van der Waals surface area contributed by atoms with Crippen molar-refractivity contribution in [1.82, 2.24) is 25.8 Å². The van der Waals surface area contributed by atoms with E-state index in [4.69, 9.17) is 9.15 Å². The third-order valence-corrected chi connectivity index (χ3v) is 5.61. The van der Waals surface area contributed by atoms with Crippen LogP contribution in [0.4, 0.5) is 0 Å². The standard InChI is InChI=1S/C24H27N5O5/c1-13(2)20(24(32)33-3)27-22(31)19-12-26-23(34-19)16-6-4-5-15(9-16)17-10-18(29-28-17)21(30)25-11-14-7-8-14/h4-6,9-10,12-14,20H,7-8,11H2,1-3H3,(H,25,30)(H,27,31)(H,28,29). The summed E-state index contributed by atoms with van der Waals surface area (Å²) in [5.74, 6) is -0.633. The summed E-state index contributed by atoms with van der Waals surface area (Å²) in [5, 5.41) is 12.5. The Bertz CT molecular complexity index is 1190. The van der Waals surface area contributed by atoms with Gasteiger partial charge in [-0.3, -0.25) is 14.7 Å². The van der Waals surface area contributed by atoms with Crippen LogP contribution in [0.5, 0.6) is 0 Å². The average Bonchev–Trinajstić information content (AvgIpc) is 3.32. The Kier molecular flexibility index (Phi) is 6.76. The van der Waals surface area contributed by atoms with E-state index in [1.165, 1.54) is 13.3 Å². The summed E-state index contributed by atoms with van der Waals surface area (Å²) in [4.78, 5) is 41.0. The molecule has 0 saturated heterocycles. The van der Waals surface area contributed by atoms with Gasteiger partial charge in [0, 0.05) is 17.7 Å². The molecule has 0 radical (unpaired) electrons. The molecule has 0 aliphatic heterocycles. The quantitative estimate of drug-likeness (QED) is 0.413. The molecule has 0 spiro atoms. The second-order valence-corrected chi connectivity index (χ2v) is 8.65. The van der Waals surface area contributed by atoms with Crippen LogP contribution in [0.15, 0.2) is 40.9 Å². The smallest absolute Gasteiger partial charge is 0.328 e. The maximum Gasteiger partial charge on any atom is 0.328 e. The number of H-pyrrole nitrogens is 1. The van der Waals surface area contributed by atoms with Crippen molar-refractivity contribution < 1.29 is 23.5 Å². The van der Waals surface area contributed by atoms with Crippen molar-refractivity contribution >= 4 is 17.8 Å². The van der Waals surface area contributed by atoms with Gasteiger partial charge in [-0.25, -0.2) is 9.78 Å². The zero-order chi connectivity index (χ0) is 24.2. The molecule has 178 valence electrons. The first-order chi connectivity index (χ1) is 16.4. The van der Waals surface area contributed by atoms with Gasteiger partial charge in [0.2, 0.25) is 11.7 Å². The van der Waals surface area contributed by atoms with Gasteiger partial charge in [0.25, 0.3) is 11.8 Å². The van der Waals surface area contributed by atoms with Crippen molar-refractivity contribution in [3.8, 4) is 22.7 Å². The van der Waals surface area contributed by atoms with Gasteiger partial charge in [-0.15, -0.1) is 0 Å². The molecule has 34 heavy (non-hydrogen) atoms. The number of methoxy groups -OCH3 is 1. The molecule has 10 heteroatoms. The van der Waals surface area contributed by atoms with Gasteiger partial charge in [0.15, 0.2) is 0 Å². The number of rotatable bonds is 9. The number of ether oxygens (including phenoxy) is 1. The van der Waals surface area contributed by atoms with Crippen molar-refractivity contribution in [2.45, 2.75) is 32.7 Å². The number of hydrogen-bond donors (Lipinski definition) is 3. The summed E-state index contributed by atoms with van der Waals surface area (Å²) in [6.07, 6.45) is 3.63. The minimum Gasteiger partial charge on any atom is -0.467 e. The van der Waals surface area contributed by atoms with Crippen LogP contribution in [0, 0.1) is 11.8 Å². The van der Waals surface area contributed by atoms with Gasteiger partial charge in [0.05, 0.1) is 19.0 Å². The molecule has 0 bridgehead atoms. The van der Waals surface area contributed by atoms with Gasteiger partial charge >= 0.3 is 5.97 Å². The molecular formula is C24H27N5O5. The molecule has 1 unspecified atom stereocenters. The summed E-state index contributed by atoms with van der Waals surface area (Å²) >= 11 is 0. The van der Waals surface area contributed by atoms with E-state index in [2.05, 4.69) is 25.8 Å². The van der Waals surface area contributed by atoms with Gasteiger partial charge in [-0.2, -0.15) is 5.10 Å². The summed E-state index contributed by atoms with van der Waals surface area (Å²) in [6, 6.07) is 8.15. The maximum absolute atomic E-state index is 12.6. The number of nitrogens with zero attached hydrogens (tertiary/aromatic N) is 2. The van der Waals surface area contributed by atoms with Crippen LogP contribution in [0.3, 0.4) is 0 Å². The Morgan fingerprint density at radius 3 is 2.65 bits per heavy atom. The number of amides is 2. The van der Waals surface area contributed by atoms with Crippen molar-refractivity contribution in [2.75, 3.05) is 13.7 Å². The zero-order valence-electron chi connectivity index (χ0n) is 19.3. The number of carbonyl (C=O) groups is 3. The van der Waals surface area contributed by atoms with Crippen LogP contribution in [0.2, 0.25) is 0 Å². The van der Waals surface area contributed by atoms with E-state index >= 15 is 0 Å². The lowest BCUT2D eigenvalue weighted by Gasteiger charge is -2.18. The summed E-state index contributed by atoms with van der Waals surface area (Å²) < 4.78 is 10.4. The number of carbonyl (C=O) groups excluding carboxylic acids is 3. The molecule has 1 fully saturated rings. The molecule has 1 atom stereocenters. The molecular weight excluding hydrogens is 438 g/mol. The van der Waals surface area contributed by atoms with E-state index in [-0.39, 0.29) is 23.5 Å². The predicted molar refractivity (Wildman–Crippen MR) is 123 cm³/mol. The van der Waals surface area contributed by atoms with Crippen LogP contribution >= 0.6 is 0 Å². The monoisotopic (exact) mass is 465 g/mol. The van der Waals surface area contributed by atoms with Crippen LogP contribution in [0.1, 0.15) is 47.7 Å². The predicted octanol–water partition coefficient (Wildman–Crippen LogP) is 2.80. The second-order valence-electron chi connectivity index (χ2n) is 8.65. The summed E-state index contributed by atoms with van der Waals surface area (Å²) in [7, 11) is 1.27. The highest BCUT2D eigenvalue weighted by atomic mass is 16.5. The molecule has 1 aromatic carbocycles. The Morgan fingerprint density at radius 1 is 1.18 bits per heavy atom. The molecule has 1 aliphatic carbocycles. The molecule has 2 aromatic heterocycles. The molecule has 2 heterocycles. The van der Waals surface area contributed by atoms with Crippen molar-refractivity contribution in [1.29, 1.82) is 0 Å². The molecule has 3 aromatic rings. The zero-order valence-corrected chi connectivity index (χ0v) is 19.3. The lowest BCUT2D eigenvalue weighted by atomic mass is 10.0. The minimum atomic E-state index is -0.801. The number of esters is 1. The number of oxazole rings is 1. The third kappa shape index (κ3) is 5.33. The number of nitrogens with one attached hydrogen (secondary N) is 3. The Hall–Kier alpha value is -3.95. The normalized spacial score (nSPS) is 14.0. The maximum atomic E-state index is 12.6. The Balaban J connectivity index is 1.47. The van der Waals surface area contributed by atoms with Gasteiger partial charge in [-0.05, 0) is 42.9 Å². The highest BCUT2D eigenvalue weighted by molar-refractivity contribution is 5.95. The molecule has 3 N–H and O–H groups in total. The van der Waals surface area contributed by atoms with E-state index in [1.54, 1.807) is 32.0 Å². The van der Waals surface area contributed by atoms with Crippen molar-refractivity contribution in [2.24, 2.45) is 11.8 Å². The fourth-order valence-electron chi connectivity index (χ4n) is 3.40. The van der Waals surface area contributed by atoms with Gasteiger partial charge in [0.1, 0.15) is 11.7 Å². The second kappa shape index (κ2) is 9.90. The summed E-state index contributed by atoms with van der Waals surface area (Å²) in [5.41, 5.74) is 2.37. The van der Waals surface area contributed by atoms with Crippen LogP contribution in [0.25, 0.3) is 22.7 Å². The van der Waals surface area contributed by atoms with Gasteiger partial charge < -0.3 is 19.8 Å². The number of benzene rings is 1. The topological polar surface area (TPSA) is 139 Å². The SMILES string of the molecule is COC(=O)C(NC(=O)c1cnc(-c2cccc(-c3cc(C(=O)NCC4CC4)[nH]n3)c2)o1)C(C)C. The highest BCUT2D eigenvalue weighted by Crippen LogP contribution is 2.28. The molecule has 2 amide bonds.